The van der Waals surface area contributed by atoms with Gasteiger partial charge in [-0.2, -0.15) is 0 Å². The van der Waals surface area contributed by atoms with Gasteiger partial charge in [-0.3, -0.25) is 0 Å². The lowest BCUT2D eigenvalue weighted by Gasteiger charge is -2.11. The maximum atomic E-state index is 11.0. The molecule has 1 aromatic rings. The molecule has 0 spiro atoms. The molecule has 0 amide bonds. The van der Waals surface area contributed by atoms with E-state index in [0.717, 1.165) is 19.2 Å². The third-order valence-electron chi connectivity index (χ3n) is 2.58. The smallest absolute Gasteiger partial charge is 0.208 e. The number of halogens is 1. The van der Waals surface area contributed by atoms with Crippen LogP contribution in [0.2, 0.25) is 0 Å². The number of aliphatic imine (C=N–C) groups is 1. The molecule has 0 aromatic carbocycles. The Morgan fingerprint density at radius 3 is 2.41 bits per heavy atom. The summed E-state index contributed by atoms with van der Waals surface area (Å²) in [5.74, 6) is 0.694. The molecular formula is C13H25IN4O2S2. The molecule has 0 saturated heterocycles. The summed E-state index contributed by atoms with van der Waals surface area (Å²) in [6, 6.07) is 4.23. The van der Waals surface area contributed by atoms with Gasteiger partial charge >= 0.3 is 0 Å². The van der Waals surface area contributed by atoms with Crippen molar-refractivity contribution in [2.45, 2.75) is 26.8 Å². The van der Waals surface area contributed by atoms with Gasteiger partial charge in [-0.15, -0.1) is 35.3 Å². The number of guanidine groups is 1. The van der Waals surface area contributed by atoms with Crippen LogP contribution in [-0.4, -0.2) is 40.3 Å². The number of sulfonamides is 1. The average Bonchev–Trinajstić information content (AvgIpc) is 2.87. The molecule has 22 heavy (non-hydrogen) atoms. The van der Waals surface area contributed by atoms with E-state index in [1.807, 2.05) is 6.92 Å². The highest BCUT2D eigenvalue weighted by Gasteiger charge is 2.02. The minimum Gasteiger partial charge on any atom is -0.357 e. The predicted octanol–water partition coefficient (Wildman–Crippen LogP) is 1.53. The summed E-state index contributed by atoms with van der Waals surface area (Å²) in [6.45, 7) is 6.34. The molecule has 0 aliphatic rings. The Balaban J connectivity index is 0.00000441. The quantitative estimate of drug-likeness (QED) is 0.238. The summed E-state index contributed by atoms with van der Waals surface area (Å²) in [7, 11) is -3.14. The number of thiophene rings is 1. The van der Waals surface area contributed by atoms with Crippen LogP contribution >= 0.6 is 35.3 Å². The Labute approximate surface area is 154 Å². The lowest BCUT2D eigenvalue weighted by molar-refractivity contribution is 0.586. The van der Waals surface area contributed by atoms with E-state index in [9.17, 15) is 8.42 Å². The predicted molar refractivity (Wildman–Crippen MR) is 105 cm³/mol. The van der Waals surface area contributed by atoms with Gasteiger partial charge in [0.05, 0.1) is 12.8 Å². The molecule has 1 rings (SSSR count). The van der Waals surface area contributed by atoms with E-state index in [2.05, 4.69) is 39.4 Å². The first-order valence-corrected chi connectivity index (χ1v) is 9.69. The molecule has 0 unspecified atom stereocenters. The molecule has 0 saturated carbocycles. The van der Waals surface area contributed by atoms with Gasteiger partial charge in [0, 0.05) is 29.4 Å². The lowest BCUT2D eigenvalue weighted by Crippen LogP contribution is -2.41. The summed E-state index contributed by atoms with van der Waals surface area (Å²) in [4.78, 5) is 7.07. The van der Waals surface area contributed by atoms with E-state index < -0.39 is 10.0 Å². The molecule has 0 aliphatic heterocycles. The topological polar surface area (TPSA) is 82.6 Å². The fraction of sp³-hybridized carbons (Fsp3) is 0.615. The van der Waals surface area contributed by atoms with E-state index in [4.69, 9.17) is 0 Å². The fourth-order valence-corrected chi connectivity index (χ4v) is 2.97. The summed E-state index contributed by atoms with van der Waals surface area (Å²) in [6.07, 6.45) is 2.19. The van der Waals surface area contributed by atoms with Gasteiger partial charge in [0.1, 0.15) is 0 Å². The highest BCUT2D eigenvalue weighted by molar-refractivity contribution is 14.0. The Morgan fingerprint density at radius 1 is 1.18 bits per heavy atom. The second-order valence-corrected chi connectivity index (χ2v) is 7.60. The molecule has 0 aliphatic carbocycles. The van der Waals surface area contributed by atoms with E-state index in [0.29, 0.717) is 25.6 Å². The monoisotopic (exact) mass is 460 g/mol. The van der Waals surface area contributed by atoms with Crippen LogP contribution in [0.25, 0.3) is 0 Å². The summed E-state index contributed by atoms with van der Waals surface area (Å²) in [5.41, 5.74) is 0. The zero-order valence-corrected chi connectivity index (χ0v) is 17.1. The average molecular weight is 460 g/mol. The number of nitrogens with zero attached hydrogens (tertiary/aromatic N) is 1. The zero-order valence-electron chi connectivity index (χ0n) is 13.2. The van der Waals surface area contributed by atoms with Crippen LogP contribution in [0.5, 0.6) is 0 Å². The van der Waals surface area contributed by atoms with Crippen LogP contribution in [0, 0.1) is 0 Å². The normalized spacial score (nSPS) is 11.9. The van der Waals surface area contributed by atoms with Crippen LogP contribution in [-0.2, 0) is 23.0 Å². The number of hydrogen-bond acceptors (Lipinski definition) is 4. The van der Waals surface area contributed by atoms with Gasteiger partial charge in [0.2, 0.25) is 10.0 Å². The second-order valence-electron chi connectivity index (χ2n) is 4.51. The highest BCUT2D eigenvalue weighted by atomic mass is 127. The largest absolute Gasteiger partial charge is 0.357 e. The Morgan fingerprint density at radius 2 is 1.86 bits per heavy atom. The number of aryl methyl sites for hydroxylation is 1. The van der Waals surface area contributed by atoms with Gasteiger partial charge in [0.15, 0.2) is 5.96 Å². The molecule has 0 radical (unpaired) electrons. The van der Waals surface area contributed by atoms with E-state index in [-0.39, 0.29) is 24.0 Å². The van der Waals surface area contributed by atoms with Crippen molar-refractivity contribution < 1.29 is 8.42 Å². The minimum atomic E-state index is -3.14. The Kier molecular flexibility index (Phi) is 11.0. The number of hydrogen-bond donors (Lipinski definition) is 3. The van der Waals surface area contributed by atoms with E-state index in [1.165, 1.54) is 9.75 Å². The van der Waals surface area contributed by atoms with Crippen molar-refractivity contribution in [1.82, 2.24) is 15.4 Å². The van der Waals surface area contributed by atoms with Crippen molar-refractivity contribution in [2.75, 3.05) is 25.9 Å². The van der Waals surface area contributed by atoms with E-state index in [1.54, 1.807) is 11.3 Å². The molecule has 1 heterocycles. The number of nitrogens with one attached hydrogen (secondary N) is 3. The molecule has 128 valence electrons. The standard InChI is InChI=1S/C13H24N4O2S2.HI/c1-4-11-6-7-12(20-11)10-16-13(14-5-2)15-8-9-17-21(3,18)19;/h6-7,17H,4-5,8-10H2,1-3H3,(H2,14,15,16);1H. The highest BCUT2D eigenvalue weighted by Crippen LogP contribution is 2.17. The van der Waals surface area contributed by atoms with Gasteiger partial charge in [-0.1, -0.05) is 6.92 Å². The first-order chi connectivity index (χ1) is 9.94. The molecule has 9 heteroatoms. The number of rotatable bonds is 8. The first-order valence-electron chi connectivity index (χ1n) is 6.99. The van der Waals surface area contributed by atoms with Gasteiger partial charge < -0.3 is 10.6 Å². The second kappa shape index (κ2) is 11.2. The lowest BCUT2D eigenvalue weighted by atomic mass is 10.4. The summed E-state index contributed by atoms with van der Waals surface area (Å²) in [5, 5.41) is 6.24. The van der Waals surface area contributed by atoms with Crippen molar-refractivity contribution in [2.24, 2.45) is 4.99 Å². The van der Waals surface area contributed by atoms with Crippen LogP contribution in [0.15, 0.2) is 17.1 Å². The zero-order chi connectivity index (χ0) is 15.7. The van der Waals surface area contributed by atoms with Crippen LogP contribution < -0.4 is 15.4 Å². The molecule has 3 N–H and O–H groups in total. The third kappa shape index (κ3) is 9.59. The summed E-state index contributed by atoms with van der Waals surface area (Å²) < 4.78 is 24.4. The van der Waals surface area contributed by atoms with E-state index >= 15 is 0 Å². The first kappa shape index (κ1) is 21.6. The van der Waals surface area contributed by atoms with Gasteiger partial charge in [0.25, 0.3) is 0 Å². The molecule has 0 fully saturated rings. The SMILES string of the molecule is CCNC(=NCc1ccc(CC)s1)NCCNS(C)(=O)=O.I. The molecule has 1 aromatic heterocycles. The maximum absolute atomic E-state index is 11.0. The van der Waals surface area contributed by atoms with Crippen molar-refractivity contribution in [1.29, 1.82) is 0 Å². The van der Waals surface area contributed by atoms with Crippen molar-refractivity contribution in [3.63, 3.8) is 0 Å². The van der Waals surface area contributed by atoms with Gasteiger partial charge in [-0.05, 0) is 25.5 Å². The Bertz CT molecular complexity index is 558. The van der Waals surface area contributed by atoms with Crippen LogP contribution in [0.1, 0.15) is 23.6 Å². The minimum absolute atomic E-state index is 0. The van der Waals surface area contributed by atoms with Crippen molar-refractivity contribution >= 4 is 51.3 Å². The van der Waals surface area contributed by atoms with Crippen molar-refractivity contribution in [3.8, 4) is 0 Å². The third-order valence-corrected chi connectivity index (χ3v) is 4.53. The molecule has 0 atom stereocenters. The Hall–Kier alpha value is -0.390. The van der Waals surface area contributed by atoms with Crippen molar-refractivity contribution in [3.05, 3.63) is 21.9 Å². The molecular weight excluding hydrogens is 435 g/mol. The maximum Gasteiger partial charge on any atom is 0.208 e. The van der Waals surface area contributed by atoms with Crippen LogP contribution in [0.3, 0.4) is 0 Å². The summed E-state index contributed by atoms with van der Waals surface area (Å²) >= 11 is 1.77. The fourth-order valence-electron chi connectivity index (χ4n) is 1.61. The molecule has 6 nitrogen and oxygen atoms in total. The molecule has 0 bridgehead atoms. The van der Waals surface area contributed by atoms with Crippen LogP contribution in [0.4, 0.5) is 0 Å². The van der Waals surface area contributed by atoms with Gasteiger partial charge in [-0.25, -0.2) is 18.1 Å².